The van der Waals surface area contributed by atoms with Gasteiger partial charge in [-0.2, -0.15) is 0 Å². The van der Waals surface area contributed by atoms with Crippen molar-refractivity contribution >= 4 is 23.2 Å². The van der Waals surface area contributed by atoms with Crippen LogP contribution in [-0.2, 0) is 4.79 Å². The van der Waals surface area contributed by atoms with Gasteiger partial charge in [0.15, 0.2) is 6.61 Å². The van der Waals surface area contributed by atoms with Gasteiger partial charge in [0.25, 0.3) is 11.8 Å². The summed E-state index contributed by atoms with van der Waals surface area (Å²) in [6.45, 7) is 3.88. The maximum atomic E-state index is 12.1. The Morgan fingerprint density at radius 3 is 2.32 bits per heavy atom. The number of anilines is 2. The third kappa shape index (κ3) is 4.94. The van der Waals surface area contributed by atoms with Crippen LogP contribution in [0, 0.1) is 13.8 Å². The molecule has 0 aliphatic carbocycles. The van der Waals surface area contributed by atoms with Crippen LogP contribution in [0.1, 0.15) is 21.5 Å². The van der Waals surface area contributed by atoms with E-state index in [0.29, 0.717) is 22.7 Å². The quantitative estimate of drug-likeness (QED) is 0.683. The van der Waals surface area contributed by atoms with Gasteiger partial charge in [-0.3, -0.25) is 14.6 Å². The smallest absolute Gasteiger partial charge is 0.262 e. The van der Waals surface area contributed by atoms with Crippen LogP contribution in [0.25, 0.3) is 0 Å². The van der Waals surface area contributed by atoms with Crippen LogP contribution < -0.4 is 15.4 Å². The summed E-state index contributed by atoms with van der Waals surface area (Å²) in [6, 6.07) is 16.0. The van der Waals surface area contributed by atoms with Crippen molar-refractivity contribution in [2.45, 2.75) is 13.8 Å². The number of rotatable bonds is 6. The van der Waals surface area contributed by atoms with Gasteiger partial charge in [0.05, 0.1) is 5.56 Å². The highest BCUT2D eigenvalue weighted by molar-refractivity contribution is 6.04. The van der Waals surface area contributed by atoms with Crippen molar-refractivity contribution in [2.75, 3.05) is 17.2 Å². The van der Waals surface area contributed by atoms with Crippen LogP contribution in [0.3, 0.4) is 0 Å². The Balaban J connectivity index is 1.53. The molecule has 1 aromatic heterocycles. The molecule has 2 N–H and O–H groups in total. The van der Waals surface area contributed by atoms with E-state index in [9.17, 15) is 9.59 Å². The molecule has 0 atom stereocenters. The zero-order valence-electron chi connectivity index (χ0n) is 15.7. The maximum Gasteiger partial charge on any atom is 0.262 e. The number of ether oxygens (including phenoxy) is 1. The summed E-state index contributed by atoms with van der Waals surface area (Å²) in [6.07, 6.45) is 3.11. The van der Waals surface area contributed by atoms with Crippen LogP contribution in [0.4, 0.5) is 11.4 Å². The van der Waals surface area contributed by atoms with Crippen molar-refractivity contribution in [3.63, 3.8) is 0 Å². The molecular weight excluding hydrogens is 354 g/mol. The van der Waals surface area contributed by atoms with Gasteiger partial charge in [0.2, 0.25) is 0 Å². The van der Waals surface area contributed by atoms with Gasteiger partial charge in [-0.05, 0) is 67.4 Å². The van der Waals surface area contributed by atoms with E-state index in [0.717, 1.165) is 11.1 Å². The number of carbonyl (C=O) groups excluding carboxylic acids is 2. The summed E-state index contributed by atoms with van der Waals surface area (Å²) in [5, 5.41) is 5.55. The minimum atomic E-state index is -0.256. The second-order valence-electron chi connectivity index (χ2n) is 6.31. The van der Waals surface area contributed by atoms with E-state index in [2.05, 4.69) is 15.6 Å². The minimum Gasteiger partial charge on any atom is -0.483 e. The zero-order valence-corrected chi connectivity index (χ0v) is 15.7. The van der Waals surface area contributed by atoms with Gasteiger partial charge in [-0.15, -0.1) is 0 Å². The first-order chi connectivity index (χ1) is 13.5. The Hall–Kier alpha value is -3.67. The molecule has 0 saturated heterocycles. The van der Waals surface area contributed by atoms with Gasteiger partial charge in [0, 0.05) is 23.8 Å². The first kappa shape index (κ1) is 19.1. The summed E-state index contributed by atoms with van der Waals surface area (Å²) in [5.74, 6) is 0.198. The SMILES string of the molecule is Cc1cccc(OCC(=O)Nc2ccc(NC(=O)c3cccnc3)cc2)c1C. The summed E-state index contributed by atoms with van der Waals surface area (Å²) >= 11 is 0. The van der Waals surface area contributed by atoms with Gasteiger partial charge in [-0.25, -0.2) is 0 Å². The lowest BCUT2D eigenvalue weighted by Crippen LogP contribution is -2.20. The monoisotopic (exact) mass is 375 g/mol. The van der Waals surface area contributed by atoms with E-state index >= 15 is 0 Å². The number of nitrogens with zero attached hydrogens (tertiary/aromatic N) is 1. The van der Waals surface area contributed by atoms with Gasteiger partial charge in [0.1, 0.15) is 5.75 Å². The van der Waals surface area contributed by atoms with Crippen molar-refractivity contribution in [1.82, 2.24) is 4.98 Å². The average molecular weight is 375 g/mol. The molecule has 1 heterocycles. The van der Waals surface area contributed by atoms with Crippen molar-refractivity contribution < 1.29 is 14.3 Å². The van der Waals surface area contributed by atoms with E-state index in [1.807, 2.05) is 32.0 Å². The normalized spacial score (nSPS) is 10.2. The van der Waals surface area contributed by atoms with E-state index in [1.165, 1.54) is 6.20 Å². The number of hydrogen-bond acceptors (Lipinski definition) is 4. The van der Waals surface area contributed by atoms with E-state index < -0.39 is 0 Å². The number of carbonyl (C=O) groups is 2. The lowest BCUT2D eigenvalue weighted by Gasteiger charge is -2.11. The summed E-state index contributed by atoms with van der Waals surface area (Å²) < 4.78 is 5.60. The molecule has 6 nitrogen and oxygen atoms in total. The minimum absolute atomic E-state index is 0.0796. The molecule has 0 radical (unpaired) electrons. The topological polar surface area (TPSA) is 80.3 Å². The first-order valence-corrected chi connectivity index (χ1v) is 8.83. The molecule has 0 unspecified atom stereocenters. The van der Waals surface area contributed by atoms with Crippen molar-refractivity contribution in [2.24, 2.45) is 0 Å². The summed E-state index contributed by atoms with van der Waals surface area (Å²) in [7, 11) is 0. The molecule has 0 spiro atoms. The Morgan fingerprint density at radius 2 is 1.64 bits per heavy atom. The zero-order chi connectivity index (χ0) is 19.9. The fourth-order valence-electron chi connectivity index (χ4n) is 2.56. The molecule has 3 aromatic rings. The van der Waals surface area contributed by atoms with Crippen LogP contribution in [0.15, 0.2) is 67.0 Å². The lowest BCUT2D eigenvalue weighted by atomic mass is 10.1. The van der Waals surface area contributed by atoms with Crippen LogP contribution in [-0.4, -0.2) is 23.4 Å². The fraction of sp³-hybridized carbons (Fsp3) is 0.136. The average Bonchev–Trinajstić information content (AvgIpc) is 2.71. The molecular formula is C22H21N3O3. The molecule has 0 aliphatic rings. The van der Waals surface area contributed by atoms with Crippen molar-refractivity contribution in [3.05, 3.63) is 83.7 Å². The third-order valence-electron chi connectivity index (χ3n) is 4.26. The highest BCUT2D eigenvalue weighted by Crippen LogP contribution is 2.20. The molecule has 0 bridgehead atoms. The number of pyridine rings is 1. The largest absolute Gasteiger partial charge is 0.483 e. The maximum absolute atomic E-state index is 12.1. The van der Waals surface area contributed by atoms with Gasteiger partial charge in [-0.1, -0.05) is 12.1 Å². The number of benzene rings is 2. The number of hydrogen-bond donors (Lipinski definition) is 2. The highest BCUT2D eigenvalue weighted by Gasteiger charge is 2.08. The predicted molar refractivity (Wildman–Crippen MR) is 109 cm³/mol. The fourth-order valence-corrected chi connectivity index (χ4v) is 2.56. The Kier molecular flexibility index (Phi) is 6.01. The number of amides is 2. The lowest BCUT2D eigenvalue weighted by molar-refractivity contribution is -0.118. The molecule has 0 fully saturated rings. The third-order valence-corrected chi connectivity index (χ3v) is 4.26. The molecule has 6 heteroatoms. The van der Waals surface area contributed by atoms with Crippen LogP contribution in [0.5, 0.6) is 5.75 Å². The molecule has 3 rings (SSSR count). The molecule has 142 valence electrons. The van der Waals surface area contributed by atoms with Crippen molar-refractivity contribution in [3.8, 4) is 5.75 Å². The van der Waals surface area contributed by atoms with Crippen LogP contribution in [0.2, 0.25) is 0 Å². The summed E-state index contributed by atoms with van der Waals surface area (Å²) in [4.78, 5) is 28.2. The molecule has 2 aromatic carbocycles. The van der Waals surface area contributed by atoms with Crippen molar-refractivity contribution in [1.29, 1.82) is 0 Å². The predicted octanol–water partition coefficient (Wildman–Crippen LogP) is 3.97. The molecule has 0 saturated carbocycles. The van der Waals surface area contributed by atoms with Gasteiger partial charge < -0.3 is 15.4 Å². The highest BCUT2D eigenvalue weighted by atomic mass is 16.5. The first-order valence-electron chi connectivity index (χ1n) is 8.83. The van der Waals surface area contributed by atoms with E-state index in [4.69, 9.17) is 4.74 Å². The van der Waals surface area contributed by atoms with Crippen LogP contribution >= 0.6 is 0 Å². The second-order valence-corrected chi connectivity index (χ2v) is 6.31. The molecule has 0 aliphatic heterocycles. The number of nitrogens with one attached hydrogen (secondary N) is 2. The van der Waals surface area contributed by atoms with E-state index in [-0.39, 0.29) is 18.4 Å². The Morgan fingerprint density at radius 1 is 0.929 bits per heavy atom. The molecule has 2 amide bonds. The number of aryl methyl sites for hydroxylation is 1. The Labute approximate surface area is 163 Å². The standard InChI is InChI=1S/C22H21N3O3/c1-15-5-3-7-20(16(15)2)28-14-21(26)24-18-8-10-19(11-9-18)25-22(27)17-6-4-12-23-13-17/h3-13H,14H2,1-2H3,(H,24,26)(H,25,27). The summed E-state index contributed by atoms with van der Waals surface area (Å²) in [5.41, 5.74) is 3.85. The Bertz CT molecular complexity index is 970. The van der Waals surface area contributed by atoms with E-state index in [1.54, 1.807) is 42.6 Å². The second kappa shape index (κ2) is 8.81. The molecule has 28 heavy (non-hydrogen) atoms. The van der Waals surface area contributed by atoms with Gasteiger partial charge >= 0.3 is 0 Å². The number of aromatic nitrogens is 1.